The van der Waals surface area contributed by atoms with Gasteiger partial charge >= 0.3 is 5.97 Å². The molecule has 0 amide bonds. The number of carbonyl (C=O) groups is 1. The molecule has 0 aromatic rings. The van der Waals surface area contributed by atoms with Crippen molar-refractivity contribution < 1.29 is 19.7 Å². The highest BCUT2D eigenvalue weighted by Crippen LogP contribution is 2.28. The summed E-state index contributed by atoms with van der Waals surface area (Å²) in [5.41, 5.74) is 0. The van der Waals surface area contributed by atoms with E-state index in [1.54, 1.807) is 12.2 Å². The Labute approximate surface area is 145 Å². The van der Waals surface area contributed by atoms with Gasteiger partial charge in [0.25, 0.3) is 0 Å². The van der Waals surface area contributed by atoms with E-state index in [1.165, 1.54) is 19.3 Å². The van der Waals surface area contributed by atoms with E-state index in [1.807, 2.05) is 30.4 Å². The third-order valence-corrected chi connectivity index (χ3v) is 3.79. The lowest BCUT2D eigenvalue weighted by Crippen LogP contribution is -2.03. The number of rotatable bonds is 13. The highest BCUT2D eigenvalue weighted by Gasteiger charge is 2.35. The van der Waals surface area contributed by atoms with Crippen LogP contribution in [0, 0.1) is 0 Å². The molecule has 0 bridgehead atoms. The van der Waals surface area contributed by atoms with Crippen molar-refractivity contribution in [1.29, 1.82) is 0 Å². The van der Waals surface area contributed by atoms with Gasteiger partial charge in [-0.2, -0.15) is 0 Å². The van der Waals surface area contributed by atoms with E-state index in [0.717, 1.165) is 6.42 Å². The molecule has 134 valence electrons. The Hall–Kier alpha value is -1.65. The smallest absolute Gasteiger partial charge is 0.303 e. The first-order valence-electron chi connectivity index (χ1n) is 8.87. The number of carboxylic acid groups (broad SMARTS) is 1. The van der Waals surface area contributed by atoms with E-state index < -0.39 is 12.1 Å². The number of hydrogen-bond acceptors (Lipinski definition) is 3. The predicted molar refractivity (Wildman–Crippen MR) is 96.9 cm³/mol. The van der Waals surface area contributed by atoms with Gasteiger partial charge in [-0.25, -0.2) is 0 Å². The minimum Gasteiger partial charge on any atom is -0.481 e. The van der Waals surface area contributed by atoms with Crippen molar-refractivity contribution >= 4 is 5.97 Å². The molecule has 0 saturated carbocycles. The molecule has 0 unspecified atom stereocenters. The maximum atomic E-state index is 10.4. The monoisotopic (exact) mass is 334 g/mol. The van der Waals surface area contributed by atoms with Crippen LogP contribution in [-0.4, -0.2) is 34.5 Å². The Morgan fingerprint density at radius 3 is 2.50 bits per heavy atom. The van der Waals surface area contributed by atoms with Gasteiger partial charge in [0.2, 0.25) is 0 Å². The number of aliphatic carboxylic acids is 1. The van der Waals surface area contributed by atoms with Gasteiger partial charge in [-0.15, -0.1) is 0 Å². The fourth-order valence-electron chi connectivity index (χ4n) is 2.33. The first-order valence-corrected chi connectivity index (χ1v) is 8.87. The second-order valence-corrected chi connectivity index (χ2v) is 6.03. The summed E-state index contributed by atoms with van der Waals surface area (Å²) in [7, 11) is 0. The zero-order chi connectivity index (χ0) is 17.6. The van der Waals surface area contributed by atoms with Gasteiger partial charge in [-0.3, -0.25) is 4.79 Å². The third-order valence-electron chi connectivity index (χ3n) is 3.79. The summed E-state index contributed by atoms with van der Waals surface area (Å²) < 4.78 is 5.57. The number of hydrogen-bond donors (Lipinski definition) is 2. The van der Waals surface area contributed by atoms with Crippen LogP contribution in [0.5, 0.6) is 0 Å². The molecule has 1 heterocycles. The third kappa shape index (κ3) is 11.0. The average molecular weight is 334 g/mol. The van der Waals surface area contributed by atoms with Crippen LogP contribution >= 0.6 is 0 Å². The van der Waals surface area contributed by atoms with Crippen molar-refractivity contribution in [2.24, 2.45) is 0 Å². The summed E-state index contributed by atoms with van der Waals surface area (Å²) in [5, 5.41) is 18.1. The summed E-state index contributed by atoms with van der Waals surface area (Å²) in [4.78, 5) is 10.4. The highest BCUT2D eigenvalue weighted by molar-refractivity contribution is 5.66. The molecule has 1 fully saturated rings. The van der Waals surface area contributed by atoms with Crippen molar-refractivity contribution in [1.82, 2.24) is 0 Å². The van der Waals surface area contributed by atoms with Crippen molar-refractivity contribution in [2.75, 3.05) is 0 Å². The molecule has 0 aromatic heterocycles. The zero-order valence-electron chi connectivity index (χ0n) is 14.5. The number of ether oxygens (including phenoxy) is 1. The van der Waals surface area contributed by atoms with Gasteiger partial charge < -0.3 is 14.9 Å². The van der Waals surface area contributed by atoms with Crippen LogP contribution in [0.2, 0.25) is 0 Å². The number of unbranched alkanes of at least 4 members (excludes halogenated alkanes) is 2. The Morgan fingerprint density at radius 2 is 1.79 bits per heavy atom. The number of allylic oxidation sites excluding steroid dienone is 6. The summed E-state index contributed by atoms with van der Waals surface area (Å²) in [6.45, 7) is 2.21. The summed E-state index contributed by atoms with van der Waals surface area (Å²) in [6, 6.07) is 0. The zero-order valence-corrected chi connectivity index (χ0v) is 14.5. The molecule has 1 saturated heterocycles. The number of epoxide rings is 1. The van der Waals surface area contributed by atoms with Gasteiger partial charge in [-0.05, 0) is 19.3 Å². The van der Waals surface area contributed by atoms with E-state index >= 15 is 0 Å². The van der Waals surface area contributed by atoms with E-state index in [2.05, 4.69) is 13.0 Å². The standard InChI is InChI=1S/C20H30O4/c1-2-3-8-14-18-19(24-18)15-10-7-5-4-6-9-12-17(21)13-11-16-20(22)23/h4-7,9-10,12,15,17-19,21H,2-3,8,11,13-14,16H2,1H3,(H,22,23)/b6-4-,7-5+,12-9+,15-10+/t17-,18+,19+/m1/s1. The van der Waals surface area contributed by atoms with Gasteiger partial charge in [0.05, 0.1) is 12.2 Å². The normalized spacial score (nSPS) is 22.2. The van der Waals surface area contributed by atoms with Crippen LogP contribution in [0.3, 0.4) is 0 Å². The topological polar surface area (TPSA) is 70.1 Å². The summed E-state index contributed by atoms with van der Waals surface area (Å²) in [5.74, 6) is -0.826. The molecule has 24 heavy (non-hydrogen) atoms. The molecular formula is C20H30O4. The molecule has 1 rings (SSSR count). The van der Waals surface area contributed by atoms with Crippen molar-refractivity contribution in [3.8, 4) is 0 Å². The number of aliphatic hydroxyl groups is 1. The SMILES string of the molecule is CCCCC[C@@H]1O[C@H]1/C=C/C=C/C=C\C=C\[C@@H](O)CCCC(=O)O. The van der Waals surface area contributed by atoms with Crippen molar-refractivity contribution in [2.45, 2.75) is 70.2 Å². The quantitative estimate of drug-likeness (QED) is 0.301. The second-order valence-electron chi connectivity index (χ2n) is 6.03. The Morgan fingerprint density at radius 1 is 1.08 bits per heavy atom. The molecule has 1 aliphatic rings. The lowest BCUT2D eigenvalue weighted by molar-refractivity contribution is -0.137. The maximum absolute atomic E-state index is 10.4. The molecule has 4 heteroatoms. The fourth-order valence-corrected chi connectivity index (χ4v) is 2.33. The molecular weight excluding hydrogens is 304 g/mol. The van der Waals surface area contributed by atoms with Gasteiger partial charge in [0.15, 0.2) is 0 Å². The maximum Gasteiger partial charge on any atom is 0.303 e. The van der Waals surface area contributed by atoms with Crippen LogP contribution in [-0.2, 0) is 9.53 Å². The molecule has 0 aromatic carbocycles. The van der Waals surface area contributed by atoms with E-state index in [0.29, 0.717) is 18.9 Å². The molecule has 0 radical (unpaired) electrons. The van der Waals surface area contributed by atoms with Crippen LogP contribution in [0.4, 0.5) is 0 Å². The van der Waals surface area contributed by atoms with Crippen LogP contribution in [0.25, 0.3) is 0 Å². The Balaban J connectivity index is 2.07. The summed E-state index contributed by atoms with van der Waals surface area (Å²) >= 11 is 0. The highest BCUT2D eigenvalue weighted by atomic mass is 16.6. The van der Waals surface area contributed by atoms with Gasteiger partial charge in [-0.1, -0.05) is 74.8 Å². The number of aliphatic hydroxyl groups excluding tert-OH is 1. The molecule has 4 nitrogen and oxygen atoms in total. The van der Waals surface area contributed by atoms with Crippen LogP contribution in [0.1, 0.15) is 51.9 Å². The van der Waals surface area contributed by atoms with Gasteiger partial charge in [0, 0.05) is 6.42 Å². The first kappa shape index (κ1) is 20.4. The molecule has 0 aliphatic carbocycles. The minimum absolute atomic E-state index is 0.0972. The Bertz CT molecular complexity index is 462. The molecule has 1 aliphatic heterocycles. The molecule has 2 N–H and O–H groups in total. The largest absolute Gasteiger partial charge is 0.481 e. The lowest BCUT2D eigenvalue weighted by Gasteiger charge is -2.02. The van der Waals surface area contributed by atoms with Crippen molar-refractivity contribution in [3.63, 3.8) is 0 Å². The Kier molecular flexibility index (Phi) is 10.8. The van der Waals surface area contributed by atoms with Crippen LogP contribution < -0.4 is 0 Å². The van der Waals surface area contributed by atoms with E-state index in [4.69, 9.17) is 9.84 Å². The lowest BCUT2D eigenvalue weighted by atomic mass is 10.1. The fraction of sp³-hybridized carbons (Fsp3) is 0.550. The number of carboxylic acids is 1. The average Bonchev–Trinajstić information content (AvgIpc) is 3.28. The molecule has 0 spiro atoms. The van der Waals surface area contributed by atoms with E-state index in [9.17, 15) is 9.90 Å². The summed E-state index contributed by atoms with van der Waals surface area (Å²) in [6.07, 6.45) is 21.2. The predicted octanol–water partition coefficient (Wildman–Crippen LogP) is 4.17. The molecule has 3 atom stereocenters. The second kappa shape index (κ2) is 12.7. The minimum atomic E-state index is -0.826. The first-order chi connectivity index (χ1) is 11.6. The van der Waals surface area contributed by atoms with Crippen molar-refractivity contribution in [3.05, 3.63) is 48.6 Å². The van der Waals surface area contributed by atoms with Gasteiger partial charge in [0.1, 0.15) is 6.10 Å². The van der Waals surface area contributed by atoms with Crippen LogP contribution in [0.15, 0.2) is 48.6 Å². The van der Waals surface area contributed by atoms with E-state index in [-0.39, 0.29) is 12.5 Å².